The normalized spacial score (nSPS) is 14.9. The molecule has 1 N–H and O–H groups in total. The number of piperazine rings is 1. The van der Waals surface area contributed by atoms with Gasteiger partial charge in [0, 0.05) is 33.3 Å². The zero-order chi connectivity index (χ0) is 19.2. The van der Waals surface area contributed by atoms with Crippen LogP contribution in [0.5, 0.6) is 0 Å². The molecule has 0 spiro atoms. The summed E-state index contributed by atoms with van der Waals surface area (Å²) in [4.78, 5) is 32.1. The highest BCUT2D eigenvalue weighted by molar-refractivity contribution is 5.85. The van der Waals surface area contributed by atoms with Crippen molar-refractivity contribution < 1.29 is 19.1 Å². The summed E-state index contributed by atoms with van der Waals surface area (Å²) < 4.78 is 10.2. The number of anilines is 2. The Hall–Kier alpha value is -2.35. The second-order valence-electron chi connectivity index (χ2n) is 7.17. The Bertz CT molecular complexity index is 622. The van der Waals surface area contributed by atoms with Crippen LogP contribution < -0.4 is 10.2 Å². The average molecular weight is 364 g/mol. The first-order valence-electron chi connectivity index (χ1n) is 8.75. The van der Waals surface area contributed by atoms with Crippen LogP contribution in [0.1, 0.15) is 27.2 Å². The minimum atomic E-state index is -0.555. The minimum Gasteiger partial charge on any atom is -0.444 e. The molecule has 0 atom stereocenters. The molecular formula is C18H28N4O4. The van der Waals surface area contributed by atoms with Crippen molar-refractivity contribution in [3.63, 3.8) is 0 Å². The van der Waals surface area contributed by atoms with E-state index in [1.807, 2.05) is 31.7 Å². The number of carbonyl (C=O) groups is 2. The summed E-state index contributed by atoms with van der Waals surface area (Å²) in [5, 5.41) is 2.70. The Balaban J connectivity index is 1.90. The summed E-state index contributed by atoms with van der Waals surface area (Å²) >= 11 is 0. The lowest BCUT2D eigenvalue weighted by Crippen LogP contribution is -2.49. The fraction of sp³-hybridized carbons (Fsp3) is 0.611. The van der Waals surface area contributed by atoms with Crippen LogP contribution >= 0.6 is 0 Å². The largest absolute Gasteiger partial charge is 0.444 e. The van der Waals surface area contributed by atoms with Gasteiger partial charge < -0.3 is 19.3 Å². The zero-order valence-electron chi connectivity index (χ0n) is 15.9. The number of rotatable bonds is 5. The molecule has 0 aliphatic carbocycles. The molecule has 2 heterocycles. The fourth-order valence-electron chi connectivity index (χ4n) is 2.65. The number of hydrogen-bond acceptors (Lipinski definition) is 6. The Kier molecular flexibility index (Phi) is 6.79. The molecule has 0 bridgehead atoms. The number of hydrogen-bond donors (Lipinski definition) is 1. The summed E-state index contributed by atoms with van der Waals surface area (Å²) in [5.74, 6) is 0.116. The zero-order valence-corrected chi connectivity index (χ0v) is 15.9. The van der Waals surface area contributed by atoms with Gasteiger partial charge in [0.05, 0.1) is 36.8 Å². The van der Waals surface area contributed by atoms with Crippen molar-refractivity contribution in [1.82, 2.24) is 9.88 Å². The maximum absolute atomic E-state index is 12.0. The van der Waals surface area contributed by atoms with Crippen molar-refractivity contribution in [2.24, 2.45) is 0 Å². The van der Waals surface area contributed by atoms with E-state index in [9.17, 15) is 9.59 Å². The highest BCUT2D eigenvalue weighted by Gasteiger charge is 2.22. The topological polar surface area (TPSA) is 84.0 Å². The van der Waals surface area contributed by atoms with Gasteiger partial charge in [0.15, 0.2) is 0 Å². The number of pyridine rings is 1. The van der Waals surface area contributed by atoms with Gasteiger partial charge in [-0.3, -0.25) is 15.1 Å². The Morgan fingerprint density at radius 2 is 1.88 bits per heavy atom. The Morgan fingerprint density at radius 3 is 2.50 bits per heavy atom. The van der Waals surface area contributed by atoms with E-state index in [2.05, 4.69) is 15.2 Å². The van der Waals surface area contributed by atoms with Crippen LogP contribution in [0.15, 0.2) is 18.5 Å². The fourth-order valence-corrected chi connectivity index (χ4v) is 2.65. The lowest BCUT2D eigenvalue weighted by molar-refractivity contribution is -0.132. The first-order valence-corrected chi connectivity index (χ1v) is 8.75. The first-order chi connectivity index (χ1) is 12.3. The van der Waals surface area contributed by atoms with Crippen molar-refractivity contribution in [3.05, 3.63) is 18.5 Å². The van der Waals surface area contributed by atoms with Gasteiger partial charge in [0.2, 0.25) is 5.91 Å². The number of nitrogens with one attached hydrogen (secondary N) is 1. The van der Waals surface area contributed by atoms with Crippen molar-refractivity contribution in [2.45, 2.75) is 32.8 Å². The maximum Gasteiger partial charge on any atom is 0.412 e. The lowest BCUT2D eigenvalue weighted by Gasteiger charge is -2.36. The Labute approximate surface area is 154 Å². The van der Waals surface area contributed by atoms with E-state index in [0.717, 1.165) is 18.8 Å². The van der Waals surface area contributed by atoms with E-state index in [0.29, 0.717) is 31.8 Å². The molecule has 1 saturated heterocycles. The van der Waals surface area contributed by atoms with Crippen LogP contribution in [-0.2, 0) is 14.3 Å². The summed E-state index contributed by atoms with van der Waals surface area (Å²) in [6, 6.07) is 1.86. The summed E-state index contributed by atoms with van der Waals surface area (Å²) in [7, 11) is 1.59. The number of amides is 2. The van der Waals surface area contributed by atoms with Crippen molar-refractivity contribution >= 4 is 23.4 Å². The molecule has 26 heavy (non-hydrogen) atoms. The third kappa shape index (κ3) is 6.18. The minimum absolute atomic E-state index is 0.116. The van der Waals surface area contributed by atoms with E-state index in [-0.39, 0.29) is 5.91 Å². The molecular weight excluding hydrogens is 336 g/mol. The van der Waals surface area contributed by atoms with Crippen LogP contribution in [0, 0.1) is 0 Å². The van der Waals surface area contributed by atoms with E-state index in [1.165, 1.54) is 0 Å². The average Bonchev–Trinajstić information content (AvgIpc) is 2.58. The van der Waals surface area contributed by atoms with E-state index in [4.69, 9.17) is 9.47 Å². The highest BCUT2D eigenvalue weighted by Crippen LogP contribution is 2.20. The second kappa shape index (κ2) is 8.84. The predicted octanol–water partition coefficient (Wildman–Crippen LogP) is 2.11. The molecule has 1 aromatic rings. The van der Waals surface area contributed by atoms with Crippen LogP contribution in [0.3, 0.4) is 0 Å². The predicted molar refractivity (Wildman–Crippen MR) is 99.4 cm³/mol. The molecule has 0 unspecified atom stereocenters. The summed E-state index contributed by atoms with van der Waals surface area (Å²) in [5.41, 5.74) is 0.929. The first kappa shape index (κ1) is 20.0. The number of nitrogens with zero attached hydrogens (tertiary/aromatic N) is 3. The van der Waals surface area contributed by atoms with E-state index in [1.54, 1.807) is 19.5 Å². The Morgan fingerprint density at radius 1 is 1.19 bits per heavy atom. The molecule has 0 saturated carbocycles. The molecule has 2 rings (SSSR count). The van der Waals surface area contributed by atoms with Crippen LogP contribution in [0.25, 0.3) is 0 Å². The van der Waals surface area contributed by atoms with Gasteiger partial charge in [0.1, 0.15) is 5.60 Å². The SMILES string of the molecule is COCCC(=O)N1CCN(c2cncc(NC(=O)OC(C)(C)C)c2)CC1. The molecule has 2 amide bonds. The van der Waals surface area contributed by atoms with E-state index < -0.39 is 11.7 Å². The van der Waals surface area contributed by atoms with Crippen LogP contribution in [0.4, 0.5) is 16.2 Å². The third-order valence-electron chi connectivity index (χ3n) is 3.89. The number of aromatic nitrogens is 1. The molecule has 0 radical (unpaired) electrons. The molecule has 1 aliphatic rings. The molecule has 1 aromatic heterocycles. The second-order valence-corrected chi connectivity index (χ2v) is 7.17. The monoisotopic (exact) mass is 364 g/mol. The molecule has 1 aliphatic heterocycles. The summed E-state index contributed by atoms with van der Waals surface area (Å²) in [6.45, 7) is 8.64. The van der Waals surface area contributed by atoms with Gasteiger partial charge >= 0.3 is 6.09 Å². The van der Waals surface area contributed by atoms with Gasteiger partial charge in [0.25, 0.3) is 0 Å². The van der Waals surface area contributed by atoms with Gasteiger partial charge in [-0.1, -0.05) is 0 Å². The van der Waals surface area contributed by atoms with E-state index >= 15 is 0 Å². The van der Waals surface area contributed by atoms with Gasteiger partial charge in [-0.15, -0.1) is 0 Å². The van der Waals surface area contributed by atoms with Crippen molar-refractivity contribution in [1.29, 1.82) is 0 Å². The summed E-state index contributed by atoms with van der Waals surface area (Å²) in [6.07, 6.45) is 3.23. The standard InChI is InChI=1S/C18H28N4O4/c1-18(2,3)26-17(24)20-14-11-15(13-19-12-14)21-6-8-22(9-7-21)16(23)5-10-25-4/h11-13H,5-10H2,1-4H3,(H,20,24). The molecule has 144 valence electrons. The number of ether oxygens (including phenoxy) is 2. The number of methoxy groups -OCH3 is 1. The quantitative estimate of drug-likeness (QED) is 0.861. The van der Waals surface area contributed by atoms with Gasteiger partial charge in [-0.2, -0.15) is 0 Å². The molecule has 8 heteroatoms. The smallest absolute Gasteiger partial charge is 0.412 e. The van der Waals surface area contributed by atoms with Crippen molar-refractivity contribution in [2.75, 3.05) is 50.1 Å². The van der Waals surface area contributed by atoms with Crippen LogP contribution in [0.2, 0.25) is 0 Å². The van der Waals surface area contributed by atoms with Gasteiger partial charge in [-0.25, -0.2) is 4.79 Å². The molecule has 8 nitrogen and oxygen atoms in total. The third-order valence-corrected chi connectivity index (χ3v) is 3.89. The number of carbonyl (C=O) groups excluding carboxylic acids is 2. The van der Waals surface area contributed by atoms with Crippen LogP contribution in [-0.4, -0.2) is 67.4 Å². The molecule has 0 aromatic carbocycles. The van der Waals surface area contributed by atoms with Crippen molar-refractivity contribution in [3.8, 4) is 0 Å². The highest BCUT2D eigenvalue weighted by atomic mass is 16.6. The lowest BCUT2D eigenvalue weighted by atomic mass is 10.2. The molecule has 1 fully saturated rings. The maximum atomic E-state index is 12.0. The van der Waals surface area contributed by atoms with Gasteiger partial charge in [-0.05, 0) is 26.8 Å².